The van der Waals surface area contributed by atoms with E-state index >= 15 is 0 Å². The predicted molar refractivity (Wildman–Crippen MR) is 91.6 cm³/mol. The van der Waals surface area contributed by atoms with Gasteiger partial charge in [-0.15, -0.1) is 0 Å². The van der Waals surface area contributed by atoms with Gasteiger partial charge < -0.3 is 0 Å². The third-order valence-corrected chi connectivity index (χ3v) is 6.05. The number of hydrogen-bond acceptors (Lipinski definition) is 12. The summed E-state index contributed by atoms with van der Waals surface area (Å²) < 4.78 is 0. The number of thiocyanates is 3. The highest BCUT2D eigenvalue weighted by Crippen LogP contribution is 2.27. The standard InChI is InChI=1S/C9H6N6S6/c10-1-16-4-19-7-13-8(20-5-17-2-11)15-9(14-7)21-6-18-3-12/h4-6H2. The highest BCUT2D eigenvalue weighted by Gasteiger charge is 2.09. The smallest absolute Gasteiger partial charge is 0.193 e. The molecular formula is C9H6N6S6. The highest BCUT2D eigenvalue weighted by molar-refractivity contribution is 8.19. The summed E-state index contributed by atoms with van der Waals surface area (Å²) in [5, 5.41) is 34.7. The molecule has 21 heavy (non-hydrogen) atoms. The van der Waals surface area contributed by atoms with Gasteiger partial charge in [-0.3, -0.25) is 0 Å². The molecule has 1 aromatic rings. The third-order valence-electron chi connectivity index (χ3n) is 1.51. The lowest BCUT2D eigenvalue weighted by Gasteiger charge is -2.04. The number of aromatic nitrogens is 3. The van der Waals surface area contributed by atoms with E-state index in [0.717, 1.165) is 35.3 Å². The first-order chi connectivity index (χ1) is 10.3. The number of rotatable bonds is 9. The van der Waals surface area contributed by atoms with Gasteiger partial charge >= 0.3 is 0 Å². The maximum absolute atomic E-state index is 8.51. The average Bonchev–Trinajstić information content (AvgIpc) is 2.48. The van der Waals surface area contributed by atoms with Crippen molar-refractivity contribution in [3.05, 3.63) is 0 Å². The average molecular weight is 391 g/mol. The van der Waals surface area contributed by atoms with Crippen LogP contribution in [0, 0.1) is 32.0 Å². The Bertz CT molecular complexity index is 482. The molecule has 0 aromatic carbocycles. The lowest BCUT2D eigenvalue weighted by atomic mass is 11.1. The second kappa shape index (κ2) is 12.2. The molecule has 0 saturated heterocycles. The predicted octanol–water partition coefficient (Wildman–Crippen LogP) is 3.66. The normalized spacial score (nSPS) is 9.57. The third kappa shape index (κ3) is 8.57. The summed E-state index contributed by atoms with van der Waals surface area (Å²) in [6.07, 6.45) is 0. The zero-order valence-corrected chi connectivity index (χ0v) is 15.2. The molecule has 0 saturated carbocycles. The molecule has 0 spiro atoms. The summed E-state index contributed by atoms with van der Waals surface area (Å²) in [4.78, 5) is 12.8. The van der Waals surface area contributed by atoms with Crippen LogP contribution in [0.4, 0.5) is 0 Å². The minimum absolute atomic E-state index is 0.536. The molecule has 0 unspecified atom stereocenters. The van der Waals surface area contributed by atoms with Gasteiger partial charge in [0.05, 0.1) is 15.3 Å². The van der Waals surface area contributed by atoms with Crippen molar-refractivity contribution in [2.24, 2.45) is 0 Å². The topological polar surface area (TPSA) is 110 Å². The second-order valence-corrected chi connectivity index (χ2v) is 8.88. The fourth-order valence-corrected chi connectivity index (χ4v) is 4.52. The SMILES string of the molecule is N#CSCSc1nc(SCSC#N)nc(SCSC#N)n1. The fourth-order valence-electron chi connectivity index (χ4n) is 0.840. The maximum Gasteiger partial charge on any atom is 0.193 e. The first kappa shape index (κ1) is 18.6. The van der Waals surface area contributed by atoms with Crippen LogP contribution >= 0.6 is 70.6 Å². The number of nitrogens with zero attached hydrogens (tertiary/aromatic N) is 6. The Morgan fingerprint density at radius 1 is 0.619 bits per heavy atom. The van der Waals surface area contributed by atoms with E-state index in [9.17, 15) is 0 Å². The van der Waals surface area contributed by atoms with Gasteiger partial charge in [0, 0.05) is 0 Å². The zero-order valence-electron chi connectivity index (χ0n) is 10.3. The first-order valence-electron chi connectivity index (χ1n) is 4.97. The van der Waals surface area contributed by atoms with Crippen molar-refractivity contribution in [1.29, 1.82) is 15.8 Å². The van der Waals surface area contributed by atoms with Gasteiger partial charge in [-0.05, 0) is 35.3 Å². The molecule has 1 aromatic heterocycles. The Labute approximate surface area is 147 Å². The van der Waals surface area contributed by atoms with Crippen molar-refractivity contribution in [1.82, 2.24) is 15.0 Å². The van der Waals surface area contributed by atoms with Crippen molar-refractivity contribution in [2.45, 2.75) is 15.5 Å². The van der Waals surface area contributed by atoms with Gasteiger partial charge in [0.2, 0.25) is 0 Å². The quantitative estimate of drug-likeness (QED) is 0.265. The summed E-state index contributed by atoms with van der Waals surface area (Å²) >= 11 is 7.43. The Balaban J connectivity index is 2.73. The number of hydrogen-bond donors (Lipinski definition) is 0. The molecule has 0 radical (unpaired) electrons. The lowest BCUT2D eigenvalue weighted by Crippen LogP contribution is -1.97. The van der Waals surface area contributed by atoms with E-state index < -0.39 is 0 Å². The maximum atomic E-state index is 8.51. The molecular weight excluding hydrogens is 385 g/mol. The van der Waals surface area contributed by atoms with Crippen LogP contribution in [0.5, 0.6) is 0 Å². The van der Waals surface area contributed by atoms with Crippen molar-refractivity contribution >= 4 is 70.6 Å². The number of nitriles is 3. The van der Waals surface area contributed by atoms with Gasteiger partial charge in [-0.1, -0.05) is 35.3 Å². The number of thioether (sulfide) groups is 6. The van der Waals surface area contributed by atoms with Crippen molar-refractivity contribution < 1.29 is 0 Å². The summed E-state index contributed by atoms with van der Waals surface area (Å²) in [5.74, 6) is 0. The lowest BCUT2D eigenvalue weighted by molar-refractivity contribution is 0.719. The van der Waals surface area contributed by atoms with E-state index in [2.05, 4.69) is 15.0 Å². The van der Waals surface area contributed by atoms with Crippen LogP contribution in [0.3, 0.4) is 0 Å². The molecule has 12 heteroatoms. The molecule has 0 aliphatic carbocycles. The van der Waals surface area contributed by atoms with Gasteiger partial charge in [0.15, 0.2) is 15.5 Å². The summed E-state index contributed by atoms with van der Waals surface area (Å²) in [6.45, 7) is 0. The van der Waals surface area contributed by atoms with Crippen molar-refractivity contribution in [2.75, 3.05) is 15.3 Å². The van der Waals surface area contributed by atoms with E-state index in [0.29, 0.717) is 30.7 Å². The van der Waals surface area contributed by atoms with E-state index in [1.165, 1.54) is 35.3 Å². The van der Waals surface area contributed by atoms with Crippen LogP contribution in [-0.2, 0) is 0 Å². The molecule has 0 aliphatic rings. The molecule has 1 rings (SSSR count). The minimum Gasteiger partial charge on any atom is -0.196 e. The van der Waals surface area contributed by atoms with E-state index in [1.807, 2.05) is 16.2 Å². The van der Waals surface area contributed by atoms with Gasteiger partial charge in [-0.25, -0.2) is 0 Å². The molecule has 0 amide bonds. The second-order valence-electron chi connectivity index (χ2n) is 2.68. The van der Waals surface area contributed by atoms with E-state index in [1.54, 1.807) is 0 Å². The largest absolute Gasteiger partial charge is 0.196 e. The first-order valence-corrected chi connectivity index (χ1v) is 10.9. The van der Waals surface area contributed by atoms with Gasteiger partial charge in [0.25, 0.3) is 0 Å². The Hall–Kier alpha value is -0.420. The Morgan fingerprint density at radius 3 is 1.14 bits per heavy atom. The summed E-state index contributed by atoms with van der Waals surface area (Å²) in [6, 6.07) is 0. The molecule has 6 nitrogen and oxygen atoms in total. The van der Waals surface area contributed by atoms with Crippen molar-refractivity contribution in [3.63, 3.8) is 0 Å². The minimum atomic E-state index is 0.536. The molecule has 0 N–H and O–H groups in total. The van der Waals surface area contributed by atoms with Crippen LogP contribution in [0.2, 0.25) is 0 Å². The molecule has 1 heterocycles. The monoisotopic (exact) mass is 390 g/mol. The zero-order chi connectivity index (χ0) is 15.3. The molecule has 0 bridgehead atoms. The van der Waals surface area contributed by atoms with Crippen LogP contribution in [-0.4, -0.2) is 30.2 Å². The van der Waals surface area contributed by atoms with Crippen LogP contribution in [0.25, 0.3) is 0 Å². The summed E-state index contributed by atoms with van der Waals surface area (Å²) in [5.41, 5.74) is 0. The molecule has 108 valence electrons. The van der Waals surface area contributed by atoms with E-state index in [-0.39, 0.29) is 0 Å². The van der Waals surface area contributed by atoms with Crippen LogP contribution in [0.1, 0.15) is 0 Å². The van der Waals surface area contributed by atoms with Crippen LogP contribution < -0.4 is 0 Å². The van der Waals surface area contributed by atoms with Crippen molar-refractivity contribution in [3.8, 4) is 16.2 Å². The van der Waals surface area contributed by atoms with Gasteiger partial charge in [0.1, 0.15) is 16.2 Å². The molecule has 0 fully saturated rings. The molecule has 0 aliphatic heterocycles. The van der Waals surface area contributed by atoms with E-state index in [4.69, 9.17) is 15.8 Å². The Kier molecular flexibility index (Phi) is 10.8. The molecule has 0 atom stereocenters. The summed E-state index contributed by atoms with van der Waals surface area (Å²) in [7, 11) is 0. The Morgan fingerprint density at radius 2 is 0.905 bits per heavy atom. The van der Waals surface area contributed by atoms with Gasteiger partial charge in [-0.2, -0.15) is 30.7 Å². The highest BCUT2D eigenvalue weighted by atomic mass is 32.2. The van der Waals surface area contributed by atoms with Crippen LogP contribution in [0.15, 0.2) is 15.5 Å². The fraction of sp³-hybridized carbons (Fsp3) is 0.333.